The van der Waals surface area contributed by atoms with Crippen LogP contribution in [0.4, 0.5) is 5.69 Å². The maximum Gasteiger partial charge on any atom is 0.279 e. The molecule has 0 spiro atoms. The number of thiazole rings is 1. The number of fused-ring (bicyclic) bond motifs is 1. The van der Waals surface area contributed by atoms with Gasteiger partial charge in [0, 0.05) is 22.9 Å². The van der Waals surface area contributed by atoms with Crippen molar-refractivity contribution in [1.29, 1.82) is 0 Å². The summed E-state index contributed by atoms with van der Waals surface area (Å²) in [5, 5.41) is 36.5. The standard InChI is InChI=1S/C18H10N4O5S2/c23-13-6-5-10(22(26)27)7-9(13)8-19-21-17(25)15(29-18(21)28)14-11-3-1-2-4-12(11)20-16(14)24/h1-8,23,25H/b19-8-. The summed E-state index contributed by atoms with van der Waals surface area (Å²) in [5.41, 5.74) is 0.0629. The molecule has 0 aliphatic carbocycles. The fourth-order valence-electron chi connectivity index (χ4n) is 2.78. The van der Waals surface area contributed by atoms with Crippen molar-refractivity contribution in [3.05, 3.63) is 77.5 Å². The molecule has 1 aliphatic rings. The van der Waals surface area contributed by atoms with Gasteiger partial charge in [-0.1, -0.05) is 29.5 Å². The average Bonchev–Trinajstić information content (AvgIpc) is 3.16. The summed E-state index contributed by atoms with van der Waals surface area (Å²) in [6.07, 6.45) is 1.13. The molecule has 0 bridgehead atoms. The van der Waals surface area contributed by atoms with Crippen LogP contribution in [0.15, 0.2) is 52.6 Å². The highest BCUT2D eigenvalue weighted by molar-refractivity contribution is 7.73. The van der Waals surface area contributed by atoms with E-state index in [0.29, 0.717) is 10.6 Å². The number of rotatable bonds is 4. The SMILES string of the molecule is O=C1N=c2ccccc2=C1c1sc(=S)n(/N=C\c2cc([N+](=O)[O-])ccc2O)c1O. The topological polar surface area (TPSA) is 130 Å². The van der Waals surface area contributed by atoms with Gasteiger partial charge in [-0.2, -0.15) is 9.78 Å². The number of carbonyl (C=O) groups excluding carboxylic acids is 1. The summed E-state index contributed by atoms with van der Waals surface area (Å²) in [4.78, 5) is 26.8. The zero-order chi connectivity index (χ0) is 20.7. The molecule has 0 atom stereocenters. The number of nitro benzene ring substituents is 1. The quantitative estimate of drug-likeness (QED) is 0.283. The largest absolute Gasteiger partial charge is 0.507 e. The Morgan fingerprint density at radius 2 is 2.00 bits per heavy atom. The first-order chi connectivity index (χ1) is 13.9. The van der Waals surface area contributed by atoms with Crippen LogP contribution >= 0.6 is 23.6 Å². The third-order valence-electron chi connectivity index (χ3n) is 4.14. The number of phenolic OH excluding ortho intramolecular Hbond substituents is 1. The Bertz CT molecular complexity index is 1400. The van der Waals surface area contributed by atoms with Gasteiger partial charge in [-0.15, -0.1) is 0 Å². The van der Waals surface area contributed by atoms with Gasteiger partial charge >= 0.3 is 0 Å². The van der Waals surface area contributed by atoms with E-state index in [-0.39, 0.29) is 37.3 Å². The number of nitro groups is 1. The van der Waals surface area contributed by atoms with Crippen molar-refractivity contribution in [2.45, 2.75) is 0 Å². The van der Waals surface area contributed by atoms with Crippen molar-refractivity contribution in [2.24, 2.45) is 10.1 Å². The van der Waals surface area contributed by atoms with Crippen molar-refractivity contribution in [1.82, 2.24) is 4.68 Å². The summed E-state index contributed by atoms with van der Waals surface area (Å²) in [6, 6.07) is 10.4. The molecule has 0 radical (unpaired) electrons. The van der Waals surface area contributed by atoms with E-state index in [1.807, 2.05) is 0 Å². The maximum atomic E-state index is 12.3. The molecular weight excluding hydrogens is 416 g/mol. The van der Waals surface area contributed by atoms with E-state index in [1.165, 1.54) is 6.07 Å². The number of nitrogens with zero attached hydrogens (tertiary/aromatic N) is 4. The molecule has 2 heterocycles. The molecule has 1 aliphatic heterocycles. The fraction of sp³-hybridized carbons (Fsp3) is 0. The number of aromatic nitrogens is 1. The average molecular weight is 426 g/mol. The Kier molecular flexibility index (Phi) is 4.53. The second-order valence-corrected chi connectivity index (χ2v) is 7.53. The van der Waals surface area contributed by atoms with Crippen molar-refractivity contribution >= 4 is 46.9 Å². The Morgan fingerprint density at radius 1 is 1.24 bits per heavy atom. The molecule has 0 unspecified atom stereocenters. The van der Waals surface area contributed by atoms with Crippen LogP contribution in [0, 0.1) is 14.1 Å². The molecule has 11 heteroatoms. The minimum atomic E-state index is -0.605. The smallest absolute Gasteiger partial charge is 0.279 e. The minimum Gasteiger partial charge on any atom is -0.507 e. The molecule has 2 aromatic carbocycles. The number of benzene rings is 2. The zero-order valence-electron chi connectivity index (χ0n) is 14.3. The Labute approximate surface area is 171 Å². The summed E-state index contributed by atoms with van der Waals surface area (Å²) in [7, 11) is 0. The number of para-hydroxylation sites is 1. The lowest BCUT2D eigenvalue weighted by molar-refractivity contribution is -0.384. The Hall–Kier alpha value is -3.70. The van der Waals surface area contributed by atoms with Crippen LogP contribution in [-0.4, -0.2) is 31.9 Å². The summed E-state index contributed by atoms with van der Waals surface area (Å²) >= 11 is 6.21. The number of hydrogen-bond acceptors (Lipinski definition) is 8. The van der Waals surface area contributed by atoms with Crippen molar-refractivity contribution in [3.63, 3.8) is 0 Å². The van der Waals surface area contributed by atoms with Crippen molar-refractivity contribution < 1.29 is 19.9 Å². The molecular formula is C18H10N4O5S2. The molecule has 4 rings (SSSR count). The molecule has 1 amide bonds. The van der Waals surface area contributed by atoms with Crippen LogP contribution in [0.2, 0.25) is 0 Å². The first-order valence-corrected chi connectivity index (χ1v) is 9.28. The molecule has 29 heavy (non-hydrogen) atoms. The number of carbonyl (C=O) groups is 1. The highest BCUT2D eigenvalue weighted by atomic mass is 32.1. The van der Waals surface area contributed by atoms with Crippen molar-refractivity contribution in [3.8, 4) is 11.6 Å². The lowest BCUT2D eigenvalue weighted by Crippen LogP contribution is -2.22. The van der Waals surface area contributed by atoms with Crippen molar-refractivity contribution in [2.75, 3.05) is 0 Å². The highest BCUT2D eigenvalue weighted by Crippen LogP contribution is 2.32. The minimum absolute atomic E-state index is 0.0678. The van der Waals surface area contributed by atoms with E-state index in [2.05, 4.69) is 10.1 Å². The number of hydrogen-bond donors (Lipinski definition) is 2. The van der Waals surface area contributed by atoms with Crippen LogP contribution in [0.25, 0.3) is 5.57 Å². The molecule has 2 N–H and O–H groups in total. The lowest BCUT2D eigenvalue weighted by Gasteiger charge is -2.01. The predicted molar refractivity (Wildman–Crippen MR) is 107 cm³/mol. The van der Waals surface area contributed by atoms with E-state index in [4.69, 9.17) is 12.2 Å². The van der Waals surface area contributed by atoms with E-state index >= 15 is 0 Å². The van der Waals surface area contributed by atoms with Crippen LogP contribution < -0.4 is 10.6 Å². The summed E-state index contributed by atoms with van der Waals surface area (Å²) in [6.45, 7) is 0. The van der Waals surface area contributed by atoms with Crippen LogP contribution in [0.5, 0.6) is 11.6 Å². The third-order valence-corrected chi connectivity index (χ3v) is 5.50. The third kappa shape index (κ3) is 3.22. The van der Waals surface area contributed by atoms with Gasteiger partial charge in [0.25, 0.3) is 11.6 Å². The van der Waals surface area contributed by atoms with Crippen LogP contribution in [0.3, 0.4) is 0 Å². The molecule has 0 fully saturated rings. The van der Waals surface area contributed by atoms with Crippen LogP contribution in [-0.2, 0) is 4.79 Å². The van der Waals surface area contributed by atoms with Gasteiger partial charge < -0.3 is 10.2 Å². The van der Waals surface area contributed by atoms with Gasteiger partial charge in [-0.3, -0.25) is 14.9 Å². The molecule has 0 saturated heterocycles. The zero-order valence-corrected chi connectivity index (χ0v) is 16.0. The van der Waals surface area contributed by atoms with E-state index in [9.17, 15) is 25.1 Å². The normalized spacial score (nSPS) is 13.0. The van der Waals surface area contributed by atoms with E-state index in [1.54, 1.807) is 24.3 Å². The highest BCUT2D eigenvalue weighted by Gasteiger charge is 2.25. The van der Waals surface area contributed by atoms with Gasteiger partial charge in [0.15, 0.2) is 3.95 Å². The van der Waals surface area contributed by atoms with E-state index < -0.39 is 10.8 Å². The summed E-state index contributed by atoms with van der Waals surface area (Å²) < 4.78 is 1.15. The number of aromatic hydroxyl groups is 2. The van der Waals surface area contributed by atoms with Gasteiger partial charge in [0.2, 0.25) is 5.88 Å². The van der Waals surface area contributed by atoms with Crippen LogP contribution in [0.1, 0.15) is 10.4 Å². The predicted octanol–water partition coefficient (Wildman–Crippen LogP) is 1.84. The number of phenols is 1. The monoisotopic (exact) mass is 426 g/mol. The lowest BCUT2D eigenvalue weighted by atomic mass is 10.1. The van der Waals surface area contributed by atoms with Gasteiger partial charge in [-0.05, 0) is 24.4 Å². The molecule has 9 nitrogen and oxygen atoms in total. The maximum absolute atomic E-state index is 12.3. The molecule has 144 valence electrons. The fourth-order valence-corrected chi connectivity index (χ4v) is 4.04. The summed E-state index contributed by atoms with van der Waals surface area (Å²) in [5.74, 6) is -1.09. The first-order valence-electron chi connectivity index (χ1n) is 8.06. The second-order valence-electron chi connectivity index (χ2n) is 5.89. The Balaban J connectivity index is 1.81. The number of amides is 1. The Morgan fingerprint density at radius 3 is 2.76 bits per heavy atom. The van der Waals surface area contributed by atoms with Gasteiger partial charge in [0.1, 0.15) is 10.6 Å². The number of non-ortho nitro benzene ring substituents is 1. The molecule has 1 aromatic heterocycles. The molecule has 3 aromatic rings. The second kappa shape index (κ2) is 7.04. The molecule has 0 saturated carbocycles. The first kappa shape index (κ1) is 18.7. The van der Waals surface area contributed by atoms with Gasteiger partial charge in [0.05, 0.1) is 22.1 Å². The van der Waals surface area contributed by atoms with Gasteiger partial charge in [-0.25, -0.2) is 4.99 Å². The van der Waals surface area contributed by atoms with E-state index in [0.717, 1.165) is 34.4 Å².